The fourth-order valence-corrected chi connectivity index (χ4v) is 2.04. The Morgan fingerprint density at radius 1 is 1.33 bits per heavy atom. The third-order valence-electron chi connectivity index (χ3n) is 3.19. The molecule has 0 aliphatic heterocycles. The highest BCUT2D eigenvalue weighted by Crippen LogP contribution is 2.16. The normalized spacial score (nSPS) is 10.9. The number of aromatic nitrogens is 5. The van der Waals surface area contributed by atoms with Gasteiger partial charge in [0.25, 0.3) is 0 Å². The molecule has 1 N–H and O–H groups in total. The highest BCUT2D eigenvalue weighted by atomic mass is 16.4. The van der Waals surface area contributed by atoms with E-state index in [1.54, 1.807) is 12.5 Å². The van der Waals surface area contributed by atoms with Crippen LogP contribution in [0.1, 0.15) is 6.42 Å². The molecule has 3 aromatic rings. The van der Waals surface area contributed by atoms with Crippen LogP contribution in [0.2, 0.25) is 0 Å². The maximum atomic E-state index is 10.6. The van der Waals surface area contributed by atoms with E-state index in [-0.39, 0.29) is 6.42 Å². The van der Waals surface area contributed by atoms with Gasteiger partial charge in [0.15, 0.2) is 30.2 Å². The van der Waals surface area contributed by atoms with Crippen LogP contribution in [-0.2, 0) is 18.4 Å². The van der Waals surface area contributed by atoms with Crippen LogP contribution < -0.4 is 4.57 Å². The molecule has 0 amide bonds. The van der Waals surface area contributed by atoms with Crippen molar-refractivity contribution in [1.82, 2.24) is 19.5 Å². The van der Waals surface area contributed by atoms with Gasteiger partial charge < -0.3 is 9.67 Å². The van der Waals surface area contributed by atoms with Gasteiger partial charge in [-0.15, -0.1) is 0 Å². The first-order valence-corrected chi connectivity index (χ1v) is 6.49. The zero-order valence-corrected chi connectivity index (χ0v) is 11.5. The maximum absolute atomic E-state index is 10.6. The summed E-state index contributed by atoms with van der Waals surface area (Å²) in [6.45, 7) is 0.446. The second-order valence-corrected chi connectivity index (χ2v) is 4.73. The van der Waals surface area contributed by atoms with Crippen LogP contribution >= 0.6 is 0 Å². The van der Waals surface area contributed by atoms with Crippen molar-refractivity contribution < 1.29 is 14.5 Å². The van der Waals surface area contributed by atoms with Crippen LogP contribution in [0.4, 0.5) is 0 Å². The Balaban J connectivity index is 1.87. The first kappa shape index (κ1) is 13.2. The number of hydrogen-bond donors (Lipinski definition) is 1. The van der Waals surface area contributed by atoms with E-state index in [2.05, 4.69) is 15.0 Å². The number of aryl methyl sites for hydroxylation is 2. The third kappa shape index (κ3) is 2.71. The van der Waals surface area contributed by atoms with Crippen molar-refractivity contribution in [2.75, 3.05) is 0 Å². The first-order chi connectivity index (χ1) is 10.1. The Kier molecular flexibility index (Phi) is 3.31. The number of nitrogens with zero attached hydrogens (tertiary/aromatic N) is 5. The van der Waals surface area contributed by atoms with Crippen LogP contribution in [0.25, 0.3) is 22.6 Å². The highest BCUT2D eigenvalue weighted by molar-refractivity contribution is 5.70. The third-order valence-corrected chi connectivity index (χ3v) is 3.19. The number of rotatable bonds is 4. The number of fused-ring (bicyclic) bond motifs is 1. The number of carboxylic acid groups (broad SMARTS) is 1. The molecule has 106 valence electrons. The number of hydrogen-bond acceptors (Lipinski definition) is 4. The molecule has 3 rings (SSSR count). The van der Waals surface area contributed by atoms with E-state index in [4.69, 9.17) is 5.11 Å². The molecule has 0 saturated heterocycles. The van der Waals surface area contributed by atoms with Crippen molar-refractivity contribution in [3.05, 3.63) is 37.1 Å². The fraction of sp³-hybridized carbons (Fsp3) is 0.214. The molecule has 0 aliphatic carbocycles. The number of pyridine rings is 1. The van der Waals surface area contributed by atoms with E-state index in [0.717, 1.165) is 16.9 Å². The van der Waals surface area contributed by atoms with Gasteiger partial charge in [-0.3, -0.25) is 4.79 Å². The smallest absolute Gasteiger partial charge is 0.309 e. The SMILES string of the molecule is Cn1cnc2ncc(-c3cc[n+](CCC(=O)O)cc3)nc21. The van der Waals surface area contributed by atoms with Crippen LogP contribution in [0.15, 0.2) is 37.1 Å². The lowest BCUT2D eigenvalue weighted by molar-refractivity contribution is -0.695. The standard InChI is InChI=1S/C14H13N5O2/c1-18-9-16-13-14(18)17-11(8-15-13)10-2-5-19(6-3-10)7-4-12(20)21/h2-3,5-6,8-9H,4,7H2,1H3/p+1. The van der Waals surface area contributed by atoms with Crippen molar-refractivity contribution in [2.45, 2.75) is 13.0 Å². The van der Waals surface area contributed by atoms with Gasteiger partial charge >= 0.3 is 5.97 Å². The van der Waals surface area contributed by atoms with Gasteiger partial charge in [0, 0.05) is 24.7 Å². The second-order valence-electron chi connectivity index (χ2n) is 4.73. The van der Waals surface area contributed by atoms with Gasteiger partial charge in [-0.1, -0.05) is 0 Å². The van der Waals surface area contributed by atoms with E-state index in [0.29, 0.717) is 12.2 Å². The van der Waals surface area contributed by atoms with Crippen molar-refractivity contribution >= 4 is 17.3 Å². The van der Waals surface area contributed by atoms with E-state index < -0.39 is 5.97 Å². The molecule has 7 nitrogen and oxygen atoms in total. The summed E-state index contributed by atoms with van der Waals surface area (Å²) < 4.78 is 3.65. The molecule has 0 aromatic carbocycles. The summed E-state index contributed by atoms with van der Waals surface area (Å²) in [7, 11) is 1.87. The number of imidazole rings is 1. The molecule has 21 heavy (non-hydrogen) atoms. The van der Waals surface area contributed by atoms with E-state index in [9.17, 15) is 4.79 Å². The summed E-state index contributed by atoms with van der Waals surface area (Å²) in [4.78, 5) is 23.5. The molecule has 0 unspecified atom stereocenters. The Hall–Kier alpha value is -2.83. The average Bonchev–Trinajstić information content (AvgIpc) is 2.87. The minimum absolute atomic E-state index is 0.102. The molecule has 7 heteroatoms. The molecule has 0 spiro atoms. The van der Waals surface area contributed by atoms with Gasteiger partial charge in [-0.2, -0.15) is 0 Å². The lowest BCUT2D eigenvalue weighted by Crippen LogP contribution is -2.33. The molecular weight excluding hydrogens is 270 g/mol. The lowest BCUT2D eigenvalue weighted by Gasteiger charge is -2.01. The van der Waals surface area contributed by atoms with Gasteiger partial charge in [-0.05, 0) is 0 Å². The molecular formula is C14H14N5O2+. The summed E-state index contributed by atoms with van der Waals surface area (Å²) in [5.74, 6) is -0.806. The molecule has 0 radical (unpaired) electrons. The Labute approximate surface area is 120 Å². The fourth-order valence-electron chi connectivity index (χ4n) is 2.04. The topological polar surface area (TPSA) is 84.8 Å². The minimum Gasteiger partial charge on any atom is -0.481 e. The summed E-state index contributed by atoms with van der Waals surface area (Å²) in [6.07, 6.45) is 7.15. The predicted octanol–water partition coefficient (Wildman–Crippen LogP) is 0.792. The number of carbonyl (C=O) groups is 1. The van der Waals surface area contributed by atoms with Gasteiger partial charge in [0.1, 0.15) is 6.42 Å². The molecule has 0 saturated carbocycles. The molecule has 0 fully saturated rings. The monoisotopic (exact) mass is 284 g/mol. The van der Waals surface area contributed by atoms with Gasteiger partial charge in [0.2, 0.25) is 0 Å². The molecule has 3 aromatic heterocycles. The quantitative estimate of drug-likeness (QED) is 0.716. The van der Waals surface area contributed by atoms with E-state index in [1.165, 1.54) is 0 Å². The van der Waals surface area contributed by atoms with Crippen molar-refractivity contribution in [3.63, 3.8) is 0 Å². The first-order valence-electron chi connectivity index (χ1n) is 6.49. The molecule has 0 atom stereocenters. The van der Waals surface area contributed by atoms with Crippen molar-refractivity contribution in [3.8, 4) is 11.3 Å². The largest absolute Gasteiger partial charge is 0.481 e. The molecule has 3 heterocycles. The second kappa shape index (κ2) is 5.28. The van der Waals surface area contributed by atoms with E-state index in [1.807, 2.05) is 40.7 Å². The van der Waals surface area contributed by atoms with Crippen LogP contribution in [-0.4, -0.2) is 30.6 Å². The van der Waals surface area contributed by atoms with Crippen LogP contribution in [0.5, 0.6) is 0 Å². The Bertz CT molecular complexity index is 795. The summed E-state index contributed by atoms with van der Waals surface area (Å²) >= 11 is 0. The predicted molar refractivity (Wildman–Crippen MR) is 74.2 cm³/mol. The Morgan fingerprint density at radius 2 is 2.10 bits per heavy atom. The Morgan fingerprint density at radius 3 is 2.81 bits per heavy atom. The molecule has 0 aliphatic rings. The summed E-state index contributed by atoms with van der Waals surface area (Å²) in [6, 6.07) is 3.79. The number of carboxylic acids is 1. The lowest BCUT2D eigenvalue weighted by atomic mass is 10.2. The van der Waals surface area contributed by atoms with Gasteiger partial charge in [0.05, 0.1) is 18.2 Å². The van der Waals surface area contributed by atoms with Crippen molar-refractivity contribution in [2.24, 2.45) is 7.05 Å². The van der Waals surface area contributed by atoms with Crippen LogP contribution in [0.3, 0.4) is 0 Å². The van der Waals surface area contributed by atoms with E-state index >= 15 is 0 Å². The summed E-state index contributed by atoms with van der Waals surface area (Å²) in [5.41, 5.74) is 3.04. The number of aliphatic carboxylic acids is 1. The minimum atomic E-state index is -0.806. The van der Waals surface area contributed by atoms with Crippen LogP contribution in [0, 0.1) is 0 Å². The average molecular weight is 284 g/mol. The van der Waals surface area contributed by atoms with Crippen molar-refractivity contribution in [1.29, 1.82) is 0 Å². The maximum Gasteiger partial charge on any atom is 0.309 e. The van der Waals surface area contributed by atoms with Gasteiger partial charge in [-0.25, -0.2) is 19.5 Å². The summed E-state index contributed by atoms with van der Waals surface area (Å²) in [5, 5.41) is 8.67. The zero-order chi connectivity index (χ0) is 14.8. The zero-order valence-electron chi connectivity index (χ0n) is 11.5. The highest BCUT2D eigenvalue weighted by Gasteiger charge is 2.09. The molecule has 0 bridgehead atoms.